The number of hydrogen-bond acceptors (Lipinski definition) is 3. The second-order valence-electron chi connectivity index (χ2n) is 6.18. The third kappa shape index (κ3) is 3.74. The first-order valence-corrected chi connectivity index (χ1v) is 8.16. The standard InChI is InChI=1S/C19H21N3O3/c1-11-8-12(2)21-18(23)15(11)10-20-19(24)22-13(3)17-9-14-6-4-5-7-16(14)25-17/h4-9,13H,10H2,1-3H3,(H,21,23)(H2,20,22,24)/t13-/m0/s1. The number of H-pyrrole nitrogens is 1. The van der Waals surface area contributed by atoms with Crippen LogP contribution in [0.5, 0.6) is 0 Å². The van der Waals surface area contributed by atoms with Crippen LogP contribution in [-0.4, -0.2) is 11.0 Å². The molecule has 3 aromatic rings. The summed E-state index contributed by atoms with van der Waals surface area (Å²) < 4.78 is 5.75. The Kier molecular flexibility index (Phi) is 4.61. The fourth-order valence-electron chi connectivity index (χ4n) is 2.80. The van der Waals surface area contributed by atoms with Crippen LogP contribution in [0.1, 0.15) is 35.5 Å². The van der Waals surface area contributed by atoms with Crippen molar-refractivity contribution < 1.29 is 9.21 Å². The Morgan fingerprint density at radius 2 is 2.00 bits per heavy atom. The molecule has 3 N–H and O–H groups in total. The number of rotatable bonds is 4. The van der Waals surface area contributed by atoms with Gasteiger partial charge in [-0.15, -0.1) is 0 Å². The highest BCUT2D eigenvalue weighted by Gasteiger charge is 2.14. The molecule has 3 rings (SSSR count). The van der Waals surface area contributed by atoms with E-state index in [4.69, 9.17) is 4.42 Å². The van der Waals surface area contributed by atoms with Crippen molar-refractivity contribution in [1.82, 2.24) is 15.6 Å². The lowest BCUT2D eigenvalue weighted by Gasteiger charge is -2.13. The summed E-state index contributed by atoms with van der Waals surface area (Å²) in [5, 5.41) is 6.54. The molecule has 0 radical (unpaired) electrons. The number of carbonyl (C=O) groups is 1. The van der Waals surface area contributed by atoms with Gasteiger partial charge in [-0.3, -0.25) is 4.79 Å². The molecule has 0 aliphatic carbocycles. The van der Waals surface area contributed by atoms with Crippen molar-refractivity contribution in [1.29, 1.82) is 0 Å². The van der Waals surface area contributed by atoms with Gasteiger partial charge in [-0.1, -0.05) is 18.2 Å². The number of aromatic nitrogens is 1. The van der Waals surface area contributed by atoms with Crippen LogP contribution < -0.4 is 16.2 Å². The number of urea groups is 1. The topological polar surface area (TPSA) is 87.1 Å². The molecular formula is C19H21N3O3. The van der Waals surface area contributed by atoms with E-state index in [2.05, 4.69) is 15.6 Å². The number of para-hydroxylation sites is 1. The highest BCUT2D eigenvalue weighted by Crippen LogP contribution is 2.23. The van der Waals surface area contributed by atoms with Gasteiger partial charge in [-0.2, -0.15) is 0 Å². The van der Waals surface area contributed by atoms with E-state index in [-0.39, 0.29) is 24.2 Å². The highest BCUT2D eigenvalue weighted by atomic mass is 16.3. The molecule has 0 aliphatic heterocycles. The van der Waals surface area contributed by atoms with Gasteiger partial charge in [0.15, 0.2) is 0 Å². The summed E-state index contributed by atoms with van der Waals surface area (Å²) in [6.07, 6.45) is 0. The second kappa shape index (κ2) is 6.84. The first-order valence-electron chi connectivity index (χ1n) is 8.16. The number of amides is 2. The Bertz CT molecular complexity index is 938. The Balaban J connectivity index is 1.63. The number of hydrogen-bond donors (Lipinski definition) is 3. The average molecular weight is 339 g/mol. The third-order valence-corrected chi connectivity index (χ3v) is 4.14. The number of furan rings is 1. The number of aromatic amines is 1. The lowest BCUT2D eigenvalue weighted by molar-refractivity contribution is 0.236. The molecule has 0 bridgehead atoms. The number of benzene rings is 1. The summed E-state index contributed by atoms with van der Waals surface area (Å²) in [6.45, 7) is 5.70. The van der Waals surface area contributed by atoms with E-state index in [1.54, 1.807) is 0 Å². The van der Waals surface area contributed by atoms with Crippen LogP contribution >= 0.6 is 0 Å². The number of aryl methyl sites for hydroxylation is 2. The van der Waals surface area contributed by atoms with Gasteiger partial charge in [0.2, 0.25) is 0 Å². The van der Waals surface area contributed by atoms with Crippen LogP contribution in [0.2, 0.25) is 0 Å². The highest BCUT2D eigenvalue weighted by molar-refractivity contribution is 5.78. The van der Waals surface area contributed by atoms with Crippen molar-refractivity contribution >= 4 is 17.0 Å². The van der Waals surface area contributed by atoms with Crippen molar-refractivity contribution in [2.24, 2.45) is 0 Å². The predicted octanol–water partition coefficient (Wildman–Crippen LogP) is 3.30. The quantitative estimate of drug-likeness (QED) is 0.681. The molecular weight excluding hydrogens is 318 g/mol. The van der Waals surface area contributed by atoms with Crippen molar-refractivity contribution in [2.45, 2.75) is 33.4 Å². The number of carbonyl (C=O) groups excluding carboxylic acids is 1. The summed E-state index contributed by atoms with van der Waals surface area (Å²) in [4.78, 5) is 26.8. The van der Waals surface area contributed by atoms with Crippen LogP contribution in [0.25, 0.3) is 11.0 Å². The Labute approximate surface area is 145 Å². The largest absolute Gasteiger partial charge is 0.459 e. The van der Waals surface area contributed by atoms with Gasteiger partial charge < -0.3 is 20.0 Å². The van der Waals surface area contributed by atoms with E-state index >= 15 is 0 Å². The van der Waals surface area contributed by atoms with Gasteiger partial charge in [0.1, 0.15) is 11.3 Å². The first kappa shape index (κ1) is 16.8. The van der Waals surface area contributed by atoms with Crippen LogP contribution in [0.3, 0.4) is 0 Å². The van der Waals surface area contributed by atoms with E-state index in [0.717, 1.165) is 22.2 Å². The van der Waals surface area contributed by atoms with Gasteiger partial charge in [0.25, 0.3) is 5.56 Å². The predicted molar refractivity (Wildman–Crippen MR) is 96.5 cm³/mol. The smallest absolute Gasteiger partial charge is 0.315 e. The van der Waals surface area contributed by atoms with Crippen molar-refractivity contribution in [2.75, 3.05) is 0 Å². The summed E-state index contributed by atoms with van der Waals surface area (Å²) in [5.41, 5.74) is 2.81. The molecule has 1 atom stereocenters. The fraction of sp³-hybridized carbons (Fsp3) is 0.263. The van der Waals surface area contributed by atoms with Gasteiger partial charge in [-0.25, -0.2) is 4.79 Å². The van der Waals surface area contributed by atoms with Crippen LogP contribution in [0.15, 0.2) is 45.6 Å². The zero-order valence-electron chi connectivity index (χ0n) is 14.5. The molecule has 0 spiro atoms. The van der Waals surface area contributed by atoms with Crippen LogP contribution in [0, 0.1) is 13.8 Å². The summed E-state index contributed by atoms with van der Waals surface area (Å²) in [6, 6.07) is 10.8. The molecule has 130 valence electrons. The lowest BCUT2D eigenvalue weighted by Crippen LogP contribution is -2.37. The zero-order valence-corrected chi connectivity index (χ0v) is 14.5. The molecule has 2 heterocycles. The van der Waals surface area contributed by atoms with Crippen molar-refractivity contribution in [3.8, 4) is 0 Å². The molecule has 1 aromatic carbocycles. The summed E-state index contributed by atoms with van der Waals surface area (Å²) in [7, 11) is 0. The molecule has 0 fully saturated rings. The Morgan fingerprint density at radius 3 is 2.72 bits per heavy atom. The molecule has 0 saturated heterocycles. The van der Waals surface area contributed by atoms with E-state index in [1.165, 1.54) is 0 Å². The SMILES string of the molecule is Cc1cc(C)c(CNC(=O)N[C@@H](C)c2cc3ccccc3o2)c(=O)[nH]1. The zero-order chi connectivity index (χ0) is 18.0. The molecule has 6 heteroatoms. The van der Waals surface area contributed by atoms with Gasteiger partial charge in [0, 0.05) is 16.6 Å². The van der Waals surface area contributed by atoms with E-state index < -0.39 is 0 Å². The third-order valence-electron chi connectivity index (χ3n) is 4.14. The van der Waals surface area contributed by atoms with Gasteiger partial charge in [-0.05, 0) is 44.5 Å². The van der Waals surface area contributed by atoms with Gasteiger partial charge in [0.05, 0.1) is 12.6 Å². The average Bonchev–Trinajstić information content (AvgIpc) is 2.98. The molecule has 25 heavy (non-hydrogen) atoms. The van der Waals surface area contributed by atoms with Crippen LogP contribution in [-0.2, 0) is 6.54 Å². The minimum absolute atomic E-state index is 0.167. The summed E-state index contributed by atoms with van der Waals surface area (Å²) >= 11 is 0. The molecule has 0 saturated carbocycles. The van der Waals surface area contributed by atoms with Crippen molar-refractivity contribution in [3.63, 3.8) is 0 Å². The normalized spacial score (nSPS) is 12.1. The monoisotopic (exact) mass is 339 g/mol. The molecule has 2 amide bonds. The first-order chi connectivity index (χ1) is 11.9. The second-order valence-corrected chi connectivity index (χ2v) is 6.18. The molecule has 0 unspecified atom stereocenters. The number of fused-ring (bicyclic) bond motifs is 1. The molecule has 0 aliphatic rings. The molecule has 6 nitrogen and oxygen atoms in total. The number of pyridine rings is 1. The Morgan fingerprint density at radius 1 is 1.24 bits per heavy atom. The number of nitrogens with one attached hydrogen (secondary N) is 3. The van der Waals surface area contributed by atoms with Crippen LogP contribution in [0.4, 0.5) is 4.79 Å². The van der Waals surface area contributed by atoms with Gasteiger partial charge >= 0.3 is 6.03 Å². The minimum atomic E-state index is -0.354. The minimum Gasteiger partial charge on any atom is -0.459 e. The molecule has 2 aromatic heterocycles. The summed E-state index contributed by atoms with van der Waals surface area (Å²) in [5.74, 6) is 0.681. The van der Waals surface area contributed by atoms with Crippen molar-refractivity contribution in [3.05, 3.63) is 69.3 Å². The van der Waals surface area contributed by atoms with E-state index in [1.807, 2.05) is 57.2 Å². The van der Waals surface area contributed by atoms with E-state index in [0.29, 0.717) is 11.3 Å². The maximum Gasteiger partial charge on any atom is 0.315 e. The lowest BCUT2D eigenvalue weighted by atomic mass is 10.1. The fourth-order valence-corrected chi connectivity index (χ4v) is 2.80. The Hall–Kier alpha value is -3.02. The maximum atomic E-state index is 12.1. The van der Waals surface area contributed by atoms with E-state index in [9.17, 15) is 9.59 Å². The maximum absolute atomic E-state index is 12.1.